The molecule has 1 aliphatic rings. The number of unbranched alkanes of at least 4 members (excludes halogenated alkanes) is 2. The zero-order valence-electron chi connectivity index (χ0n) is 13.7. The van der Waals surface area contributed by atoms with Gasteiger partial charge >= 0.3 is 0 Å². The highest BCUT2D eigenvalue weighted by Crippen LogP contribution is 2.17. The van der Waals surface area contributed by atoms with Gasteiger partial charge in [0.25, 0.3) is 0 Å². The highest BCUT2D eigenvalue weighted by atomic mass is 19.1. The summed E-state index contributed by atoms with van der Waals surface area (Å²) in [5, 5.41) is 0. The second kappa shape index (κ2) is 9.24. The van der Waals surface area contributed by atoms with Crippen LogP contribution in [0.15, 0.2) is 24.3 Å². The molecule has 1 aromatic rings. The summed E-state index contributed by atoms with van der Waals surface area (Å²) >= 11 is 0. The Bertz CT molecular complexity index is 418. The van der Waals surface area contributed by atoms with Crippen LogP contribution in [-0.4, -0.2) is 37.4 Å². The van der Waals surface area contributed by atoms with Crippen molar-refractivity contribution in [2.24, 2.45) is 5.92 Å². The molecule has 0 radical (unpaired) electrons. The number of hydrogen-bond acceptors (Lipinski definition) is 1. The summed E-state index contributed by atoms with van der Waals surface area (Å²) in [6, 6.07) is 8.82. The molecular weight excluding hydrogens is 280 g/mol. The van der Waals surface area contributed by atoms with Gasteiger partial charge in [-0.1, -0.05) is 37.6 Å². The van der Waals surface area contributed by atoms with Crippen molar-refractivity contribution in [1.82, 2.24) is 4.90 Å². The maximum absolute atomic E-state index is 13.2. The van der Waals surface area contributed by atoms with Crippen molar-refractivity contribution in [2.75, 3.05) is 26.3 Å². The van der Waals surface area contributed by atoms with E-state index in [4.69, 9.17) is 0 Å². The Morgan fingerprint density at radius 3 is 2.50 bits per heavy atom. The summed E-state index contributed by atoms with van der Waals surface area (Å²) in [5.41, 5.74) is 2.70. The molecule has 1 saturated heterocycles. The molecule has 1 aromatic carbocycles. The van der Waals surface area contributed by atoms with E-state index in [0.29, 0.717) is 25.3 Å². The lowest BCUT2D eigenvalue weighted by Crippen LogP contribution is -2.27. The maximum Gasteiger partial charge on any atom is 0.114 e. The lowest BCUT2D eigenvalue weighted by atomic mass is 9.98. The topological polar surface area (TPSA) is 3.24 Å². The molecule has 124 valence electrons. The zero-order valence-corrected chi connectivity index (χ0v) is 13.7. The number of rotatable bonds is 9. The first-order chi connectivity index (χ1) is 10.7. The maximum atomic E-state index is 13.2. The Morgan fingerprint density at radius 1 is 1.14 bits per heavy atom. The van der Waals surface area contributed by atoms with Gasteiger partial charge in [0.1, 0.15) is 6.17 Å². The first-order valence-electron chi connectivity index (χ1n) is 8.67. The van der Waals surface area contributed by atoms with Crippen LogP contribution in [-0.2, 0) is 12.8 Å². The van der Waals surface area contributed by atoms with Crippen molar-refractivity contribution in [3.63, 3.8) is 0 Å². The van der Waals surface area contributed by atoms with Crippen molar-refractivity contribution in [1.29, 1.82) is 0 Å². The van der Waals surface area contributed by atoms with Crippen LogP contribution in [0, 0.1) is 5.92 Å². The Balaban J connectivity index is 1.71. The molecule has 1 nitrogen and oxygen atoms in total. The molecule has 2 atom stereocenters. The quantitative estimate of drug-likeness (QED) is 0.603. The fraction of sp³-hybridized carbons (Fsp3) is 0.684. The summed E-state index contributed by atoms with van der Waals surface area (Å²) in [4.78, 5) is 2.24. The standard InChI is InChI=1S/C19H29F2N/c1-16(14-22-12-10-19(21)15-22)13-18-8-6-17(7-9-18)5-3-2-4-11-20/h6-9,16,19H,2-5,10-15H2,1H3/t16-,19?/m0/s1. The molecule has 2 rings (SSSR count). The molecule has 0 N–H and O–H groups in total. The Labute approximate surface area is 133 Å². The highest BCUT2D eigenvalue weighted by Gasteiger charge is 2.22. The third-order valence-electron chi connectivity index (χ3n) is 4.49. The smallest absolute Gasteiger partial charge is 0.114 e. The molecule has 1 fully saturated rings. The average molecular weight is 309 g/mol. The lowest BCUT2D eigenvalue weighted by molar-refractivity contribution is 0.257. The van der Waals surface area contributed by atoms with E-state index < -0.39 is 6.17 Å². The van der Waals surface area contributed by atoms with Crippen molar-refractivity contribution >= 4 is 0 Å². The minimum atomic E-state index is -0.621. The summed E-state index contributed by atoms with van der Waals surface area (Å²) in [6.07, 6.45) is 4.90. The fourth-order valence-electron chi connectivity index (χ4n) is 3.30. The molecule has 0 saturated carbocycles. The summed E-state index contributed by atoms with van der Waals surface area (Å²) < 4.78 is 25.2. The predicted molar refractivity (Wildman–Crippen MR) is 88.8 cm³/mol. The van der Waals surface area contributed by atoms with E-state index in [0.717, 1.165) is 38.8 Å². The Morgan fingerprint density at radius 2 is 1.86 bits per heavy atom. The van der Waals surface area contributed by atoms with Crippen molar-refractivity contribution in [2.45, 2.75) is 51.6 Å². The fourth-order valence-corrected chi connectivity index (χ4v) is 3.30. The van der Waals surface area contributed by atoms with E-state index in [1.807, 2.05) is 0 Å². The number of alkyl halides is 2. The molecule has 0 bridgehead atoms. The van der Waals surface area contributed by atoms with Crippen LogP contribution in [0.1, 0.15) is 43.7 Å². The van der Waals surface area contributed by atoms with Crippen LogP contribution in [0.3, 0.4) is 0 Å². The molecule has 0 amide bonds. The average Bonchev–Trinajstić information content (AvgIpc) is 2.90. The van der Waals surface area contributed by atoms with Crippen LogP contribution in [0.5, 0.6) is 0 Å². The van der Waals surface area contributed by atoms with Crippen LogP contribution in [0.25, 0.3) is 0 Å². The number of halogens is 2. The van der Waals surface area contributed by atoms with Gasteiger partial charge in [0.2, 0.25) is 0 Å². The molecule has 1 heterocycles. The van der Waals surface area contributed by atoms with Crippen molar-refractivity contribution in [3.8, 4) is 0 Å². The van der Waals surface area contributed by atoms with E-state index in [2.05, 4.69) is 36.1 Å². The molecule has 0 aliphatic carbocycles. The second-order valence-electron chi connectivity index (χ2n) is 6.77. The third kappa shape index (κ3) is 6.04. The molecule has 0 aromatic heterocycles. The van der Waals surface area contributed by atoms with Crippen LogP contribution < -0.4 is 0 Å². The van der Waals surface area contributed by atoms with E-state index in [1.165, 1.54) is 11.1 Å². The van der Waals surface area contributed by atoms with Gasteiger partial charge < -0.3 is 4.90 Å². The number of likely N-dealkylation sites (tertiary alicyclic amines) is 1. The van der Waals surface area contributed by atoms with Crippen molar-refractivity contribution < 1.29 is 8.78 Å². The van der Waals surface area contributed by atoms with Gasteiger partial charge in [-0.15, -0.1) is 0 Å². The van der Waals surface area contributed by atoms with E-state index in [1.54, 1.807) is 0 Å². The second-order valence-corrected chi connectivity index (χ2v) is 6.77. The summed E-state index contributed by atoms with van der Waals surface area (Å²) in [7, 11) is 0. The molecular formula is C19H29F2N. The largest absolute Gasteiger partial charge is 0.300 e. The third-order valence-corrected chi connectivity index (χ3v) is 4.49. The van der Waals surface area contributed by atoms with Gasteiger partial charge in [-0.3, -0.25) is 4.39 Å². The van der Waals surface area contributed by atoms with Gasteiger partial charge in [0.15, 0.2) is 0 Å². The highest BCUT2D eigenvalue weighted by molar-refractivity contribution is 5.23. The van der Waals surface area contributed by atoms with E-state index >= 15 is 0 Å². The predicted octanol–water partition coefficient (Wildman–Crippen LogP) is 4.59. The minimum absolute atomic E-state index is 0.197. The zero-order chi connectivity index (χ0) is 15.8. The first-order valence-corrected chi connectivity index (χ1v) is 8.67. The Hall–Kier alpha value is -0.960. The van der Waals surface area contributed by atoms with E-state index in [-0.39, 0.29) is 6.67 Å². The minimum Gasteiger partial charge on any atom is -0.300 e. The van der Waals surface area contributed by atoms with Gasteiger partial charge in [-0.25, -0.2) is 4.39 Å². The molecule has 3 heteroatoms. The summed E-state index contributed by atoms with van der Waals surface area (Å²) in [6.45, 7) is 4.56. The monoisotopic (exact) mass is 309 g/mol. The van der Waals surface area contributed by atoms with Gasteiger partial charge in [0.05, 0.1) is 6.67 Å². The number of hydrogen-bond donors (Lipinski definition) is 0. The van der Waals surface area contributed by atoms with Gasteiger partial charge in [0, 0.05) is 19.6 Å². The Kier molecular flexibility index (Phi) is 7.31. The molecule has 1 unspecified atom stereocenters. The van der Waals surface area contributed by atoms with Crippen LogP contribution in [0.4, 0.5) is 8.78 Å². The van der Waals surface area contributed by atoms with Gasteiger partial charge in [-0.05, 0) is 49.1 Å². The molecule has 0 spiro atoms. The van der Waals surface area contributed by atoms with Crippen LogP contribution in [0.2, 0.25) is 0 Å². The number of benzene rings is 1. The van der Waals surface area contributed by atoms with Crippen molar-refractivity contribution in [3.05, 3.63) is 35.4 Å². The van der Waals surface area contributed by atoms with E-state index in [9.17, 15) is 8.78 Å². The SMILES string of the molecule is C[C@@H](Cc1ccc(CCCCCF)cc1)CN1CCC(F)C1. The molecule has 1 aliphatic heterocycles. The number of aryl methyl sites for hydroxylation is 1. The van der Waals surface area contributed by atoms with Crippen LogP contribution >= 0.6 is 0 Å². The summed E-state index contributed by atoms with van der Waals surface area (Å²) in [5.74, 6) is 0.556. The molecule has 22 heavy (non-hydrogen) atoms. The normalized spacial score (nSPS) is 20.4. The first kappa shape index (κ1) is 17.4. The number of nitrogens with zero attached hydrogens (tertiary/aromatic N) is 1. The lowest BCUT2D eigenvalue weighted by Gasteiger charge is -2.20. The van der Waals surface area contributed by atoms with Gasteiger partial charge in [-0.2, -0.15) is 0 Å².